The molecule has 0 amide bonds. The molecule has 114 valence electrons. The van der Waals surface area contributed by atoms with Gasteiger partial charge in [-0.05, 0) is 40.2 Å². The van der Waals surface area contributed by atoms with Crippen molar-refractivity contribution < 1.29 is 0 Å². The van der Waals surface area contributed by atoms with Crippen LogP contribution in [0.15, 0.2) is 4.99 Å². The second-order valence-electron chi connectivity index (χ2n) is 5.17. The summed E-state index contributed by atoms with van der Waals surface area (Å²) < 4.78 is 0. The van der Waals surface area contributed by atoms with Gasteiger partial charge in [-0.2, -0.15) is 0 Å². The number of nitrogens with one attached hydrogen (secondary N) is 1. The van der Waals surface area contributed by atoms with Crippen molar-refractivity contribution in [1.82, 2.24) is 15.1 Å². The van der Waals surface area contributed by atoms with Crippen molar-refractivity contribution >= 4 is 29.9 Å². The third kappa shape index (κ3) is 6.79. The van der Waals surface area contributed by atoms with Crippen molar-refractivity contribution in [3.63, 3.8) is 0 Å². The highest BCUT2D eigenvalue weighted by Crippen LogP contribution is 2.07. The topological polar surface area (TPSA) is 30.9 Å². The van der Waals surface area contributed by atoms with Crippen molar-refractivity contribution in [3.05, 3.63) is 0 Å². The fourth-order valence-corrected chi connectivity index (χ4v) is 2.20. The molecule has 0 spiro atoms. The lowest BCUT2D eigenvalue weighted by Crippen LogP contribution is -2.40. The molecule has 1 atom stereocenters. The number of halogens is 1. The average Bonchev–Trinajstić information content (AvgIpc) is 2.90. The number of likely N-dealkylation sites (tertiary alicyclic amines) is 1. The first-order valence-corrected chi connectivity index (χ1v) is 7.42. The minimum Gasteiger partial charge on any atom is -0.357 e. The minimum absolute atomic E-state index is 0. The van der Waals surface area contributed by atoms with E-state index >= 15 is 0 Å². The number of likely N-dealkylation sites (N-methyl/N-ethyl adjacent to an activating group) is 1. The smallest absolute Gasteiger partial charge is 0.193 e. The summed E-state index contributed by atoms with van der Waals surface area (Å²) >= 11 is 0. The molecule has 1 saturated heterocycles. The maximum atomic E-state index is 4.74. The summed E-state index contributed by atoms with van der Waals surface area (Å²) in [5, 5.41) is 3.40. The number of hydrogen-bond donors (Lipinski definition) is 1. The number of hydrogen-bond acceptors (Lipinski definition) is 2. The Bertz CT molecular complexity index is 252. The first kappa shape index (κ1) is 19.0. The van der Waals surface area contributed by atoms with E-state index in [-0.39, 0.29) is 24.0 Å². The van der Waals surface area contributed by atoms with Crippen molar-refractivity contribution in [2.24, 2.45) is 4.99 Å². The van der Waals surface area contributed by atoms with Gasteiger partial charge in [-0.25, -0.2) is 0 Å². The van der Waals surface area contributed by atoms with Crippen LogP contribution in [0.3, 0.4) is 0 Å². The van der Waals surface area contributed by atoms with Gasteiger partial charge in [0.15, 0.2) is 5.96 Å². The monoisotopic (exact) mass is 382 g/mol. The summed E-state index contributed by atoms with van der Waals surface area (Å²) in [7, 11) is 2.19. The van der Waals surface area contributed by atoms with E-state index < -0.39 is 0 Å². The molecule has 5 heteroatoms. The van der Waals surface area contributed by atoms with E-state index in [1.54, 1.807) is 0 Å². The zero-order valence-corrected chi connectivity index (χ0v) is 15.3. The number of guanidine groups is 1. The molecule has 19 heavy (non-hydrogen) atoms. The molecular formula is C14H31IN4. The average molecular weight is 382 g/mol. The summed E-state index contributed by atoms with van der Waals surface area (Å²) in [6.07, 6.45) is 3.81. The quantitative estimate of drug-likeness (QED) is 0.435. The molecule has 1 fully saturated rings. The van der Waals surface area contributed by atoms with Crippen molar-refractivity contribution in [2.75, 3.05) is 39.8 Å². The van der Waals surface area contributed by atoms with Gasteiger partial charge in [0.1, 0.15) is 0 Å². The molecule has 1 aliphatic rings. The predicted molar refractivity (Wildman–Crippen MR) is 94.6 cm³/mol. The van der Waals surface area contributed by atoms with Crippen molar-refractivity contribution in [2.45, 2.75) is 46.1 Å². The standard InChI is InChI=1S/C14H30N4.HI/c1-5-13(3)17(4)12-9-16-14(15-6-2)18-10-7-8-11-18;/h13H,5-12H2,1-4H3,(H,15,16);1H. The lowest BCUT2D eigenvalue weighted by molar-refractivity contribution is 0.259. The van der Waals surface area contributed by atoms with Gasteiger partial charge in [0.2, 0.25) is 0 Å². The van der Waals surface area contributed by atoms with Gasteiger partial charge in [-0.1, -0.05) is 6.92 Å². The van der Waals surface area contributed by atoms with Crippen LogP contribution in [-0.2, 0) is 0 Å². The summed E-state index contributed by atoms with van der Waals surface area (Å²) in [6.45, 7) is 11.8. The summed E-state index contributed by atoms with van der Waals surface area (Å²) in [5.41, 5.74) is 0. The van der Waals surface area contributed by atoms with Crippen LogP contribution in [0, 0.1) is 0 Å². The fraction of sp³-hybridized carbons (Fsp3) is 0.929. The second kappa shape index (κ2) is 10.7. The highest BCUT2D eigenvalue weighted by Gasteiger charge is 2.15. The Morgan fingerprint density at radius 2 is 1.95 bits per heavy atom. The van der Waals surface area contributed by atoms with Gasteiger partial charge in [0.25, 0.3) is 0 Å². The Balaban J connectivity index is 0.00000324. The molecule has 0 bridgehead atoms. The zero-order valence-electron chi connectivity index (χ0n) is 13.0. The largest absolute Gasteiger partial charge is 0.357 e. The number of nitrogens with zero attached hydrogens (tertiary/aromatic N) is 3. The summed E-state index contributed by atoms with van der Waals surface area (Å²) in [4.78, 5) is 9.51. The third-order valence-electron chi connectivity index (χ3n) is 3.80. The van der Waals surface area contributed by atoms with Gasteiger partial charge < -0.3 is 15.1 Å². The first-order valence-electron chi connectivity index (χ1n) is 7.42. The van der Waals surface area contributed by atoms with Gasteiger partial charge >= 0.3 is 0 Å². The van der Waals surface area contributed by atoms with Crippen molar-refractivity contribution in [3.8, 4) is 0 Å². The number of rotatable bonds is 6. The third-order valence-corrected chi connectivity index (χ3v) is 3.80. The van der Waals surface area contributed by atoms with E-state index in [1.165, 1.54) is 19.3 Å². The van der Waals surface area contributed by atoms with Gasteiger partial charge in [-0.3, -0.25) is 4.99 Å². The SMILES string of the molecule is CCNC(=NCCN(C)C(C)CC)N1CCCC1.I. The van der Waals surface area contributed by atoms with E-state index in [4.69, 9.17) is 4.99 Å². The molecule has 0 aromatic carbocycles. The molecule has 0 aliphatic carbocycles. The molecule has 1 rings (SSSR count). The van der Waals surface area contributed by atoms with Crippen LogP contribution in [0.25, 0.3) is 0 Å². The van der Waals surface area contributed by atoms with Gasteiger partial charge in [0.05, 0.1) is 6.54 Å². The number of aliphatic imine (C=N–C) groups is 1. The Hall–Kier alpha value is -0.0400. The van der Waals surface area contributed by atoms with Crippen LogP contribution < -0.4 is 5.32 Å². The van der Waals surface area contributed by atoms with E-state index in [0.29, 0.717) is 6.04 Å². The Labute approximate surface area is 136 Å². The van der Waals surface area contributed by atoms with Crippen LogP contribution in [-0.4, -0.2) is 61.6 Å². The molecular weight excluding hydrogens is 351 g/mol. The predicted octanol–water partition coefficient (Wildman–Crippen LogP) is 2.40. The normalized spacial score (nSPS) is 17.5. The first-order chi connectivity index (χ1) is 8.69. The zero-order chi connectivity index (χ0) is 13.4. The fourth-order valence-electron chi connectivity index (χ4n) is 2.20. The highest BCUT2D eigenvalue weighted by molar-refractivity contribution is 14.0. The molecule has 0 aromatic heterocycles. The molecule has 4 nitrogen and oxygen atoms in total. The molecule has 1 unspecified atom stereocenters. The van der Waals surface area contributed by atoms with Crippen LogP contribution in [0.2, 0.25) is 0 Å². The van der Waals surface area contributed by atoms with E-state index in [2.05, 4.69) is 42.9 Å². The van der Waals surface area contributed by atoms with Crippen LogP contribution >= 0.6 is 24.0 Å². The lowest BCUT2D eigenvalue weighted by Gasteiger charge is -2.24. The maximum Gasteiger partial charge on any atom is 0.193 e. The molecule has 1 heterocycles. The molecule has 0 radical (unpaired) electrons. The van der Waals surface area contributed by atoms with Crippen LogP contribution in [0.4, 0.5) is 0 Å². The highest BCUT2D eigenvalue weighted by atomic mass is 127. The molecule has 1 N–H and O–H groups in total. The van der Waals surface area contributed by atoms with E-state index in [1.807, 2.05) is 0 Å². The Morgan fingerprint density at radius 3 is 2.47 bits per heavy atom. The Morgan fingerprint density at radius 1 is 1.32 bits per heavy atom. The maximum absolute atomic E-state index is 4.74. The van der Waals surface area contributed by atoms with E-state index in [0.717, 1.165) is 38.7 Å². The van der Waals surface area contributed by atoms with Crippen LogP contribution in [0.1, 0.15) is 40.0 Å². The lowest BCUT2D eigenvalue weighted by atomic mass is 10.2. The van der Waals surface area contributed by atoms with Crippen molar-refractivity contribution in [1.29, 1.82) is 0 Å². The molecule has 0 saturated carbocycles. The summed E-state index contributed by atoms with van der Waals surface area (Å²) in [5.74, 6) is 1.10. The van der Waals surface area contributed by atoms with Gasteiger partial charge in [-0.15, -0.1) is 24.0 Å². The molecule has 1 aliphatic heterocycles. The Kier molecular flexibility index (Phi) is 10.7. The van der Waals surface area contributed by atoms with Gasteiger partial charge in [0, 0.05) is 32.2 Å². The second-order valence-corrected chi connectivity index (χ2v) is 5.17. The van der Waals surface area contributed by atoms with E-state index in [9.17, 15) is 0 Å². The molecule has 0 aromatic rings. The minimum atomic E-state index is 0. The summed E-state index contributed by atoms with van der Waals surface area (Å²) in [6, 6.07) is 0.648. The van der Waals surface area contributed by atoms with Crippen LogP contribution in [0.5, 0.6) is 0 Å².